The first kappa shape index (κ1) is 19.7. The van der Waals surface area contributed by atoms with Gasteiger partial charge in [0.05, 0.1) is 12.2 Å². The summed E-state index contributed by atoms with van der Waals surface area (Å²) >= 11 is 1.44. The first-order valence-electron chi connectivity index (χ1n) is 8.50. The number of carbonyl (C=O) groups excluding carboxylic acids is 1. The van der Waals surface area contributed by atoms with Crippen LogP contribution < -0.4 is 5.32 Å². The van der Waals surface area contributed by atoms with Gasteiger partial charge in [0.2, 0.25) is 15.9 Å². The Hall–Kier alpha value is -2.07. The van der Waals surface area contributed by atoms with Crippen LogP contribution in [-0.4, -0.2) is 55.7 Å². The van der Waals surface area contributed by atoms with Crippen molar-refractivity contribution in [1.82, 2.24) is 14.2 Å². The van der Waals surface area contributed by atoms with E-state index in [1.807, 2.05) is 25.2 Å². The molecule has 2 heterocycles. The number of aromatic nitrogens is 1. The van der Waals surface area contributed by atoms with Crippen LogP contribution in [0.3, 0.4) is 0 Å². The summed E-state index contributed by atoms with van der Waals surface area (Å²) in [5.41, 5.74) is 1.79. The molecule has 1 N–H and O–H groups in total. The molecule has 27 heavy (non-hydrogen) atoms. The molecule has 0 unspecified atom stereocenters. The summed E-state index contributed by atoms with van der Waals surface area (Å²) in [6.07, 6.45) is 2.37. The lowest BCUT2D eigenvalue weighted by molar-refractivity contribution is -0.116. The molecule has 1 aliphatic heterocycles. The number of fused-ring (bicyclic) bond motifs is 1. The lowest BCUT2D eigenvalue weighted by Gasteiger charge is -2.20. The predicted octanol–water partition coefficient (Wildman–Crippen LogP) is 2.00. The fraction of sp³-hybridized carbons (Fsp3) is 0.333. The maximum atomic E-state index is 12.3. The smallest absolute Gasteiger partial charge is 0.241 e. The molecule has 1 aromatic heterocycles. The van der Waals surface area contributed by atoms with Gasteiger partial charge >= 0.3 is 0 Å². The van der Waals surface area contributed by atoms with Crippen molar-refractivity contribution in [3.8, 4) is 0 Å². The third kappa shape index (κ3) is 5.23. The molecule has 2 aromatic rings. The van der Waals surface area contributed by atoms with Gasteiger partial charge in [-0.05, 0) is 18.7 Å². The third-order valence-corrected chi connectivity index (χ3v) is 6.68. The van der Waals surface area contributed by atoms with E-state index in [1.165, 1.54) is 24.5 Å². The molecule has 1 aliphatic rings. The maximum Gasteiger partial charge on any atom is 0.241 e. The molecule has 7 nitrogen and oxygen atoms in total. The molecule has 3 rings (SSSR count). The van der Waals surface area contributed by atoms with Crippen molar-refractivity contribution in [3.63, 3.8) is 0 Å². The molecule has 0 bridgehead atoms. The fourth-order valence-electron chi connectivity index (χ4n) is 2.66. The number of anilines is 1. The molecule has 0 spiro atoms. The van der Waals surface area contributed by atoms with E-state index in [4.69, 9.17) is 0 Å². The predicted molar refractivity (Wildman–Crippen MR) is 108 cm³/mol. The highest BCUT2D eigenvalue weighted by molar-refractivity contribution is 7.92. The van der Waals surface area contributed by atoms with Gasteiger partial charge in [0.15, 0.2) is 5.13 Å². The van der Waals surface area contributed by atoms with Gasteiger partial charge < -0.3 is 10.2 Å². The number of hydrogen-bond acceptors (Lipinski definition) is 6. The molecule has 1 aromatic carbocycles. The molecule has 0 aliphatic carbocycles. The zero-order valence-corrected chi connectivity index (χ0v) is 16.9. The highest BCUT2D eigenvalue weighted by Crippen LogP contribution is 2.27. The van der Waals surface area contributed by atoms with Gasteiger partial charge in [-0.1, -0.05) is 30.3 Å². The molecule has 0 fully saturated rings. The van der Waals surface area contributed by atoms with Crippen molar-refractivity contribution in [2.75, 3.05) is 32.5 Å². The maximum absolute atomic E-state index is 12.3. The summed E-state index contributed by atoms with van der Waals surface area (Å²) in [5.74, 6) is -0.409. The number of hydrogen-bond donors (Lipinski definition) is 1. The van der Waals surface area contributed by atoms with Crippen molar-refractivity contribution in [2.45, 2.75) is 13.0 Å². The van der Waals surface area contributed by atoms with Crippen LogP contribution in [0.2, 0.25) is 0 Å². The van der Waals surface area contributed by atoms with Gasteiger partial charge in [-0.25, -0.2) is 13.4 Å². The average Bonchev–Trinajstić information content (AvgIpc) is 3.02. The van der Waals surface area contributed by atoms with Crippen LogP contribution in [0.15, 0.2) is 35.7 Å². The van der Waals surface area contributed by atoms with Crippen molar-refractivity contribution in [3.05, 3.63) is 51.9 Å². The molecule has 1 amide bonds. The first-order valence-corrected chi connectivity index (χ1v) is 10.8. The van der Waals surface area contributed by atoms with Gasteiger partial charge in [0, 0.05) is 36.8 Å². The topological polar surface area (TPSA) is 82.6 Å². The minimum atomic E-state index is -3.69. The Kier molecular flexibility index (Phi) is 6.05. The summed E-state index contributed by atoms with van der Waals surface area (Å²) in [4.78, 5) is 20.0. The van der Waals surface area contributed by atoms with Crippen LogP contribution in [-0.2, 0) is 27.8 Å². The molecule has 0 saturated carbocycles. The Bertz CT molecular complexity index is 939. The number of benzene rings is 1. The molecular weight excluding hydrogens is 384 g/mol. The van der Waals surface area contributed by atoms with E-state index in [-0.39, 0.29) is 6.54 Å². The van der Waals surface area contributed by atoms with E-state index in [9.17, 15) is 13.2 Å². The van der Waals surface area contributed by atoms with Crippen LogP contribution in [0.4, 0.5) is 5.13 Å². The normalized spacial score (nSPS) is 15.2. The lowest BCUT2D eigenvalue weighted by atomic mass is 10.2. The van der Waals surface area contributed by atoms with Crippen LogP contribution in [0.1, 0.15) is 16.1 Å². The molecule has 0 radical (unpaired) electrons. The van der Waals surface area contributed by atoms with E-state index in [0.717, 1.165) is 45.4 Å². The Morgan fingerprint density at radius 1 is 1.37 bits per heavy atom. The van der Waals surface area contributed by atoms with Crippen molar-refractivity contribution in [1.29, 1.82) is 0 Å². The highest BCUT2D eigenvalue weighted by Gasteiger charge is 2.21. The zero-order chi connectivity index (χ0) is 19.4. The van der Waals surface area contributed by atoms with Crippen LogP contribution in [0, 0.1) is 0 Å². The largest absolute Gasteiger partial charge is 0.301 e. The van der Waals surface area contributed by atoms with Crippen molar-refractivity contribution < 1.29 is 13.2 Å². The van der Waals surface area contributed by atoms with Gasteiger partial charge in [-0.2, -0.15) is 4.31 Å². The summed E-state index contributed by atoms with van der Waals surface area (Å²) in [7, 11) is -0.261. The first-order chi connectivity index (χ1) is 12.8. The molecular formula is C18H22N4O3S2. The Morgan fingerprint density at radius 2 is 2.11 bits per heavy atom. The average molecular weight is 407 g/mol. The number of rotatable bonds is 6. The Labute approximate surface area is 163 Å². The number of nitrogens with zero attached hydrogens (tertiary/aromatic N) is 3. The van der Waals surface area contributed by atoms with E-state index in [1.54, 1.807) is 12.1 Å². The second-order valence-electron chi connectivity index (χ2n) is 6.44. The quantitative estimate of drug-likeness (QED) is 0.793. The molecule has 144 valence electrons. The summed E-state index contributed by atoms with van der Waals surface area (Å²) in [6.45, 7) is 1.49. The summed E-state index contributed by atoms with van der Waals surface area (Å²) < 4.78 is 25.7. The number of carbonyl (C=O) groups is 1. The Morgan fingerprint density at radius 3 is 2.85 bits per heavy atom. The molecule has 9 heteroatoms. The van der Waals surface area contributed by atoms with E-state index in [0.29, 0.717) is 5.13 Å². The minimum absolute atomic E-state index is 0.272. The highest BCUT2D eigenvalue weighted by atomic mass is 32.2. The second-order valence-corrected chi connectivity index (χ2v) is 9.45. The van der Waals surface area contributed by atoms with Crippen LogP contribution in [0.25, 0.3) is 6.08 Å². The molecule has 0 saturated heterocycles. The SMILES string of the molecule is CN1CCc2nc(NC(=O)CN(C)S(=O)(=O)C=Cc3ccccc3)sc2C1. The Balaban J connectivity index is 1.59. The number of thiazole rings is 1. The second kappa shape index (κ2) is 8.30. The number of sulfonamides is 1. The lowest BCUT2D eigenvalue weighted by Crippen LogP contribution is -2.33. The standard InChI is InChI=1S/C18H22N4O3S2/c1-21-10-8-15-16(12-21)26-18(19-15)20-17(23)13-22(2)27(24,25)11-9-14-6-4-3-5-7-14/h3-7,9,11H,8,10,12-13H2,1-2H3,(H,19,20,23). The van der Waals surface area contributed by atoms with Gasteiger partial charge in [0.1, 0.15) is 0 Å². The monoisotopic (exact) mass is 406 g/mol. The van der Waals surface area contributed by atoms with E-state index < -0.39 is 15.9 Å². The van der Waals surface area contributed by atoms with E-state index in [2.05, 4.69) is 15.2 Å². The van der Waals surface area contributed by atoms with Gasteiger partial charge in [-0.15, -0.1) is 11.3 Å². The van der Waals surface area contributed by atoms with Gasteiger partial charge in [0.25, 0.3) is 0 Å². The third-order valence-electron chi connectivity index (χ3n) is 4.20. The fourth-order valence-corrected chi connectivity index (χ4v) is 4.60. The minimum Gasteiger partial charge on any atom is -0.301 e. The number of likely N-dealkylation sites (N-methyl/N-ethyl adjacent to an activating group) is 2. The molecule has 0 atom stereocenters. The van der Waals surface area contributed by atoms with Crippen LogP contribution in [0.5, 0.6) is 0 Å². The van der Waals surface area contributed by atoms with Gasteiger partial charge in [-0.3, -0.25) is 4.79 Å². The zero-order valence-electron chi connectivity index (χ0n) is 15.3. The number of nitrogens with one attached hydrogen (secondary N) is 1. The van der Waals surface area contributed by atoms with Crippen molar-refractivity contribution >= 4 is 38.5 Å². The summed E-state index contributed by atoms with van der Waals surface area (Å²) in [6, 6.07) is 9.13. The van der Waals surface area contributed by atoms with E-state index >= 15 is 0 Å². The van der Waals surface area contributed by atoms with Crippen molar-refractivity contribution in [2.24, 2.45) is 0 Å². The summed E-state index contributed by atoms with van der Waals surface area (Å²) in [5, 5.41) is 4.33. The van der Waals surface area contributed by atoms with Crippen LogP contribution >= 0.6 is 11.3 Å². The number of amides is 1.